The van der Waals surface area contributed by atoms with Gasteiger partial charge in [-0.25, -0.2) is 12.7 Å². The molecular weight excluding hydrogens is 350 g/mol. The largest absolute Gasteiger partial charge is 0.327 e. The number of nitrogens with one attached hydrogen (secondary N) is 2. The lowest BCUT2D eigenvalue weighted by Crippen LogP contribution is -3.15. The van der Waals surface area contributed by atoms with Gasteiger partial charge in [-0.1, -0.05) is 12.8 Å². The van der Waals surface area contributed by atoms with Crippen molar-refractivity contribution >= 4 is 21.6 Å². The molecule has 1 aromatic carbocycles. The fourth-order valence-electron chi connectivity index (χ4n) is 4.31. The third kappa shape index (κ3) is 4.45. The van der Waals surface area contributed by atoms with E-state index >= 15 is 0 Å². The molecule has 0 bridgehead atoms. The number of rotatable bonds is 5. The molecule has 2 fully saturated rings. The topological polar surface area (TPSA) is 70.9 Å². The Morgan fingerprint density at radius 1 is 1.12 bits per heavy atom. The predicted octanol–water partition coefficient (Wildman–Crippen LogP) is 0.970. The highest BCUT2D eigenvalue weighted by Crippen LogP contribution is 2.32. The van der Waals surface area contributed by atoms with Crippen LogP contribution in [0.1, 0.15) is 32.1 Å². The third-order valence-electron chi connectivity index (χ3n) is 5.81. The van der Waals surface area contributed by atoms with Crippen LogP contribution in [0.2, 0.25) is 0 Å². The number of piperidine rings is 1. The SMILES string of the molecule is CN(C)S(=O)(=O)c1ccc(NC(=O)C[NH+]2CC[C@H]3CCCC[C@@H]3C2)cc1. The van der Waals surface area contributed by atoms with Gasteiger partial charge in [-0.3, -0.25) is 4.79 Å². The summed E-state index contributed by atoms with van der Waals surface area (Å²) in [6.45, 7) is 2.67. The van der Waals surface area contributed by atoms with Crippen molar-refractivity contribution in [2.75, 3.05) is 39.0 Å². The highest BCUT2D eigenvalue weighted by molar-refractivity contribution is 7.89. The number of hydrogen-bond acceptors (Lipinski definition) is 3. The van der Waals surface area contributed by atoms with Crippen LogP contribution in [0.25, 0.3) is 0 Å². The number of quaternary nitrogens is 1. The zero-order valence-corrected chi connectivity index (χ0v) is 16.5. The number of likely N-dealkylation sites (tertiary alicyclic amines) is 1. The lowest BCUT2D eigenvalue weighted by atomic mass is 9.75. The number of nitrogens with zero attached hydrogens (tertiary/aromatic N) is 1. The molecular formula is C19H30N3O3S+. The van der Waals surface area contributed by atoms with E-state index in [9.17, 15) is 13.2 Å². The fourth-order valence-corrected chi connectivity index (χ4v) is 5.21. The zero-order chi connectivity index (χ0) is 18.7. The molecule has 1 unspecified atom stereocenters. The van der Waals surface area contributed by atoms with E-state index in [1.807, 2.05) is 0 Å². The second kappa shape index (κ2) is 8.06. The van der Waals surface area contributed by atoms with Gasteiger partial charge in [0.1, 0.15) is 0 Å². The van der Waals surface area contributed by atoms with Crippen LogP contribution >= 0.6 is 0 Å². The normalized spacial score (nSPS) is 26.3. The third-order valence-corrected chi connectivity index (χ3v) is 7.64. The average Bonchev–Trinajstić information content (AvgIpc) is 2.62. The molecule has 2 N–H and O–H groups in total. The van der Waals surface area contributed by atoms with Gasteiger partial charge >= 0.3 is 0 Å². The van der Waals surface area contributed by atoms with E-state index in [4.69, 9.17) is 0 Å². The summed E-state index contributed by atoms with van der Waals surface area (Å²) < 4.78 is 25.3. The maximum absolute atomic E-state index is 12.4. The summed E-state index contributed by atoms with van der Waals surface area (Å²) in [5.74, 6) is 1.66. The minimum absolute atomic E-state index is 0.00234. The molecule has 3 rings (SSSR count). The second-order valence-electron chi connectivity index (χ2n) is 7.83. The Labute approximate surface area is 156 Å². The average molecular weight is 381 g/mol. The van der Waals surface area contributed by atoms with Crippen LogP contribution in [-0.2, 0) is 14.8 Å². The van der Waals surface area contributed by atoms with Crippen LogP contribution in [0, 0.1) is 11.8 Å². The van der Waals surface area contributed by atoms with Gasteiger partial charge in [-0.15, -0.1) is 0 Å². The Balaban J connectivity index is 1.53. The van der Waals surface area contributed by atoms with Gasteiger partial charge in [0, 0.05) is 25.7 Å². The monoisotopic (exact) mass is 380 g/mol. The van der Waals surface area contributed by atoms with Crippen molar-refractivity contribution in [3.8, 4) is 0 Å². The Morgan fingerprint density at radius 2 is 1.77 bits per heavy atom. The molecule has 1 amide bonds. The fraction of sp³-hybridized carbons (Fsp3) is 0.632. The number of hydrogen-bond donors (Lipinski definition) is 2. The highest BCUT2D eigenvalue weighted by Gasteiger charge is 2.34. The minimum Gasteiger partial charge on any atom is -0.327 e. The Hall–Kier alpha value is -1.44. The summed E-state index contributed by atoms with van der Waals surface area (Å²) in [6.07, 6.45) is 6.63. The molecule has 2 aliphatic rings. The summed E-state index contributed by atoms with van der Waals surface area (Å²) in [5.41, 5.74) is 0.639. The molecule has 0 radical (unpaired) electrons. The van der Waals surface area contributed by atoms with E-state index in [2.05, 4.69) is 5.32 Å². The van der Waals surface area contributed by atoms with Crippen molar-refractivity contribution in [2.45, 2.75) is 37.0 Å². The van der Waals surface area contributed by atoms with E-state index in [0.29, 0.717) is 12.2 Å². The van der Waals surface area contributed by atoms with E-state index in [1.54, 1.807) is 12.1 Å². The van der Waals surface area contributed by atoms with Crippen LogP contribution in [0.15, 0.2) is 29.2 Å². The molecule has 26 heavy (non-hydrogen) atoms. The molecule has 3 atom stereocenters. The van der Waals surface area contributed by atoms with Gasteiger partial charge in [0.15, 0.2) is 6.54 Å². The molecule has 1 aromatic rings. The summed E-state index contributed by atoms with van der Waals surface area (Å²) in [4.78, 5) is 14.0. The quantitative estimate of drug-likeness (QED) is 0.800. The van der Waals surface area contributed by atoms with Gasteiger partial charge in [-0.2, -0.15) is 0 Å². The van der Waals surface area contributed by atoms with Crippen LogP contribution in [0.5, 0.6) is 0 Å². The van der Waals surface area contributed by atoms with Gasteiger partial charge in [0.05, 0.1) is 18.0 Å². The van der Waals surface area contributed by atoms with Crippen molar-refractivity contribution in [3.63, 3.8) is 0 Å². The van der Waals surface area contributed by atoms with Crippen LogP contribution in [0.4, 0.5) is 5.69 Å². The van der Waals surface area contributed by atoms with E-state index in [1.165, 1.54) is 67.5 Å². The van der Waals surface area contributed by atoms with Crippen LogP contribution in [0.3, 0.4) is 0 Å². The molecule has 144 valence electrons. The number of benzene rings is 1. The number of carbonyl (C=O) groups is 1. The number of sulfonamides is 1. The molecule has 6 nitrogen and oxygen atoms in total. The van der Waals surface area contributed by atoms with Crippen LogP contribution in [-0.4, -0.2) is 52.4 Å². The van der Waals surface area contributed by atoms with Crippen molar-refractivity contribution in [2.24, 2.45) is 11.8 Å². The van der Waals surface area contributed by atoms with Gasteiger partial charge < -0.3 is 10.2 Å². The lowest BCUT2D eigenvalue weighted by molar-refractivity contribution is -0.902. The first-order valence-corrected chi connectivity index (χ1v) is 11.0. The summed E-state index contributed by atoms with van der Waals surface area (Å²) in [5, 5.41) is 2.90. The van der Waals surface area contributed by atoms with E-state index in [0.717, 1.165) is 24.9 Å². The number of carbonyl (C=O) groups excluding carboxylic acids is 1. The number of fused-ring (bicyclic) bond motifs is 1. The number of amides is 1. The van der Waals surface area contributed by atoms with E-state index < -0.39 is 10.0 Å². The molecule has 7 heteroatoms. The first-order valence-electron chi connectivity index (χ1n) is 9.52. The Morgan fingerprint density at radius 3 is 2.42 bits per heavy atom. The molecule has 0 aromatic heterocycles. The Kier molecular flexibility index (Phi) is 5.99. The zero-order valence-electron chi connectivity index (χ0n) is 15.7. The minimum atomic E-state index is -3.44. The van der Waals surface area contributed by atoms with Gasteiger partial charge in [0.2, 0.25) is 10.0 Å². The maximum atomic E-state index is 12.4. The maximum Gasteiger partial charge on any atom is 0.279 e. The predicted molar refractivity (Wildman–Crippen MR) is 102 cm³/mol. The summed E-state index contributed by atoms with van der Waals surface area (Å²) in [7, 11) is -0.433. The highest BCUT2D eigenvalue weighted by atomic mass is 32.2. The van der Waals surface area contributed by atoms with Crippen molar-refractivity contribution in [3.05, 3.63) is 24.3 Å². The summed E-state index contributed by atoms with van der Waals surface area (Å²) in [6, 6.07) is 6.37. The Bertz CT molecular complexity index is 731. The van der Waals surface area contributed by atoms with Crippen molar-refractivity contribution in [1.82, 2.24) is 4.31 Å². The smallest absolute Gasteiger partial charge is 0.279 e. The number of anilines is 1. The molecule has 1 aliphatic heterocycles. The molecule has 0 spiro atoms. The standard InChI is InChI=1S/C19H29N3O3S/c1-21(2)26(24,25)18-9-7-17(8-10-18)20-19(23)14-22-12-11-15-5-3-4-6-16(15)13-22/h7-10,15-16H,3-6,11-14H2,1-2H3,(H,20,23)/p+1/t15-,16-/m1/s1. The lowest BCUT2D eigenvalue weighted by Gasteiger charge is -2.38. The van der Waals surface area contributed by atoms with Gasteiger partial charge in [-0.05, 0) is 49.4 Å². The van der Waals surface area contributed by atoms with Crippen molar-refractivity contribution < 1.29 is 18.1 Å². The molecule has 1 saturated heterocycles. The molecule has 1 saturated carbocycles. The van der Waals surface area contributed by atoms with Crippen LogP contribution < -0.4 is 10.2 Å². The second-order valence-corrected chi connectivity index (χ2v) is 9.99. The van der Waals surface area contributed by atoms with Crippen molar-refractivity contribution in [1.29, 1.82) is 0 Å². The van der Waals surface area contributed by atoms with Gasteiger partial charge in [0.25, 0.3) is 5.91 Å². The first kappa shape index (κ1) is 19.3. The summed E-state index contributed by atoms with van der Waals surface area (Å²) >= 11 is 0. The molecule has 1 aliphatic carbocycles. The van der Waals surface area contributed by atoms with E-state index in [-0.39, 0.29) is 10.8 Å². The first-order chi connectivity index (χ1) is 12.4. The molecule has 1 heterocycles.